The van der Waals surface area contributed by atoms with Crippen molar-refractivity contribution in [1.82, 2.24) is 9.55 Å². The third-order valence-electron chi connectivity index (χ3n) is 4.64. The first-order valence-corrected chi connectivity index (χ1v) is 9.59. The summed E-state index contributed by atoms with van der Waals surface area (Å²) in [7, 11) is 0. The lowest BCUT2D eigenvalue weighted by molar-refractivity contribution is -0.117. The van der Waals surface area contributed by atoms with E-state index >= 15 is 0 Å². The predicted molar refractivity (Wildman–Crippen MR) is 110 cm³/mol. The minimum Gasteiger partial charge on any atom is -0.490 e. The Morgan fingerprint density at radius 1 is 1.10 bits per heavy atom. The molecule has 148 valence electrons. The Bertz CT molecular complexity index is 997. The standard InChI is InChI=1S/C22H22N4O3/c27-21(16-8-9-16)24-18-5-3-4-17(14-18)22(28)25-19-6-1-2-7-20(19)29-13-12-26-11-10-23-15-26/h1-7,10-11,14-16H,8-9,12-13H2,(H,24,27)(H,25,28). The molecule has 29 heavy (non-hydrogen) atoms. The highest BCUT2D eigenvalue weighted by Crippen LogP contribution is 2.30. The van der Waals surface area contributed by atoms with E-state index in [1.807, 2.05) is 29.0 Å². The van der Waals surface area contributed by atoms with Crippen LogP contribution in [-0.4, -0.2) is 28.0 Å². The van der Waals surface area contributed by atoms with Gasteiger partial charge >= 0.3 is 0 Å². The zero-order chi connectivity index (χ0) is 20.1. The number of ether oxygens (including phenoxy) is 1. The summed E-state index contributed by atoms with van der Waals surface area (Å²) in [5.41, 5.74) is 1.68. The monoisotopic (exact) mass is 390 g/mol. The van der Waals surface area contributed by atoms with Gasteiger partial charge < -0.3 is 19.9 Å². The first-order valence-electron chi connectivity index (χ1n) is 9.59. The van der Waals surface area contributed by atoms with E-state index in [-0.39, 0.29) is 17.7 Å². The molecule has 0 spiro atoms. The van der Waals surface area contributed by atoms with Crippen molar-refractivity contribution in [3.05, 3.63) is 72.8 Å². The molecule has 1 aromatic heterocycles. The van der Waals surface area contributed by atoms with Crippen LogP contribution in [-0.2, 0) is 11.3 Å². The molecule has 2 N–H and O–H groups in total. The number of carbonyl (C=O) groups is 2. The normalized spacial score (nSPS) is 13.0. The van der Waals surface area contributed by atoms with E-state index in [9.17, 15) is 9.59 Å². The number of hydrogen-bond donors (Lipinski definition) is 2. The number of hydrogen-bond acceptors (Lipinski definition) is 4. The summed E-state index contributed by atoms with van der Waals surface area (Å²) in [6, 6.07) is 14.2. The van der Waals surface area contributed by atoms with E-state index < -0.39 is 0 Å². The summed E-state index contributed by atoms with van der Waals surface area (Å²) in [6.07, 6.45) is 7.18. The summed E-state index contributed by atoms with van der Waals surface area (Å²) >= 11 is 0. The number of nitrogens with one attached hydrogen (secondary N) is 2. The molecule has 1 aliphatic rings. The van der Waals surface area contributed by atoms with Gasteiger partial charge in [-0.25, -0.2) is 4.98 Å². The summed E-state index contributed by atoms with van der Waals surface area (Å²) in [4.78, 5) is 28.7. The van der Waals surface area contributed by atoms with Crippen molar-refractivity contribution in [1.29, 1.82) is 0 Å². The van der Waals surface area contributed by atoms with Crippen LogP contribution in [0.3, 0.4) is 0 Å². The van der Waals surface area contributed by atoms with Gasteiger partial charge in [0.25, 0.3) is 5.91 Å². The van der Waals surface area contributed by atoms with Gasteiger partial charge in [-0.15, -0.1) is 0 Å². The molecule has 1 aliphatic carbocycles. The molecule has 0 atom stereocenters. The number of anilines is 2. The SMILES string of the molecule is O=C(Nc1ccccc1OCCn1ccnc1)c1cccc(NC(=O)C2CC2)c1. The first-order chi connectivity index (χ1) is 14.2. The van der Waals surface area contributed by atoms with Crippen molar-refractivity contribution in [3.8, 4) is 5.75 Å². The van der Waals surface area contributed by atoms with Crippen LogP contribution in [0, 0.1) is 5.92 Å². The second-order valence-electron chi connectivity index (χ2n) is 6.94. The number of benzene rings is 2. The Morgan fingerprint density at radius 2 is 1.97 bits per heavy atom. The van der Waals surface area contributed by atoms with Gasteiger partial charge in [0.2, 0.25) is 5.91 Å². The fourth-order valence-electron chi connectivity index (χ4n) is 2.90. The number of amides is 2. The van der Waals surface area contributed by atoms with Gasteiger partial charge in [-0.3, -0.25) is 9.59 Å². The fourth-order valence-corrected chi connectivity index (χ4v) is 2.90. The van der Waals surface area contributed by atoms with Gasteiger partial charge in [0.1, 0.15) is 12.4 Å². The lowest BCUT2D eigenvalue weighted by Crippen LogP contribution is -2.16. The van der Waals surface area contributed by atoms with Crippen LogP contribution in [0.5, 0.6) is 5.75 Å². The smallest absolute Gasteiger partial charge is 0.255 e. The summed E-state index contributed by atoms with van der Waals surface area (Å²) in [6.45, 7) is 1.11. The van der Waals surface area contributed by atoms with Gasteiger partial charge in [-0.05, 0) is 43.2 Å². The van der Waals surface area contributed by atoms with Crippen LogP contribution in [0.1, 0.15) is 23.2 Å². The van der Waals surface area contributed by atoms with Gasteiger partial charge in [0.05, 0.1) is 18.6 Å². The van der Waals surface area contributed by atoms with Crippen LogP contribution in [0.2, 0.25) is 0 Å². The number of imidazole rings is 1. The Labute approximate surface area is 168 Å². The highest BCUT2D eigenvalue weighted by atomic mass is 16.5. The first kappa shape index (κ1) is 18.7. The predicted octanol–water partition coefficient (Wildman–Crippen LogP) is 3.56. The molecule has 3 aromatic rings. The van der Waals surface area contributed by atoms with E-state index in [0.717, 1.165) is 12.8 Å². The van der Waals surface area contributed by atoms with Crippen LogP contribution in [0.25, 0.3) is 0 Å². The summed E-state index contributed by atoms with van der Waals surface area (Å²) in [5.74, 6) is 0.454. The maximum atomic E-state index is 12.7. The second-order valence-corrected chi connectivity index (χ2v) is 6.94. The number of aromatic nitrogens is 2. The Hall–Kier alpha value is -3.61. The van der Waals surface area contributed by atoms with Gasteiger partial charge in [0, 0.05) is 29.6 Å². The van der Waals surface area contributed by atoms with Crippen molar-refractivity contribution in [2.75, 3.05) is 17.2 Å². The molecule has 7 nitrogen and oxygen atoms in total. The fraction of sp³-hybridized carbons (Fsp3) is 0.227. The molecule has 2 aromatic carbocycles. The minimum absolute atomic E-state index is 0.0131. The van der Waals surface area contributed by atoms with E-state index in [1.165, 1.54) is 0 Å². The van der Waals surface area contributed by atoms with E-state index in [2.05, 4.69) is 15.6 Å². The van der Waals surface area contributed by atoms with Crippen molar-refractivity contribution >= 4 is 23.2 Å². The third kappa shape index (κ3) is 5.01. The zero-order valence-electron chi connectivity index (χ0n) is 15.9. The van der Waals surface area contributed by atoms with Crippen LogP contribution < -0.4 is 15.4 Å². The largest absolute Gasteiger partial charge is 0.490 e. The van der Waals surface area contributed by atoms with Crippen molar-refractivity contribution in [2.45, 2.75) is 19.4 Å². The maximum absolute atomic E-state index is 12.7. The molecule has 2 amide bonds. The minimum atomic E-state index is -0.266. The molecule has 1 heterocycles. The molecule has 1 saturated carbocycles. The van der Waals surface area contributed by atoms with Crippen LogP contribution in [0.4, 0.5) is 11.4 Å². The lowest BCUT2D eigenvalue weighted by Gasteiger charge is -2.13. The Morgan fingerprint density at radius 3 is 2.76 bits per heavy atom. The maximum Gasteiger partial charge on any atom is 0.255 e. The Balaban J connectivity index is 1.39. The second kappa shape index (κ2) is 8.60. The molecule has 0 saturated heterocycles. The van der Waals surface area contributed by atoms with Crippen molar-refractivity contribution < 1.29 is 14.3 Å². The molecule has 0 aliphatic heterocycles. The molecule has 0 unspecified atom stereocenters. The lowest BCUT2D eigenvalue weighted by atomic mass is 10.1. The Kier molecular flexibility index (Phi) is 5.56. The summed E-state index contributed by atoms with van der Waals surface area (Å²) in [5, 5.41) is 5.75. The molecule has 7 heteroatoms. The molecule has 1 fully saturated rings. The topological polar surface area (TPSA) is 85.2 Å². The summed E-state index contributed by atoms with van der Waals surface area (Å²) < 4.78 is 7.76. The molecule has 0 bridgehead atoms. The van der Waals surface area contributed by atoms with Gasteiger partial charge in [0.15, 0.2) is 0 Å². The highest BCUT2D eigenvalue weighted by molar-refractivity contribution is 6.06. The van der Waals surface area contributed by atoms with Gasteiger partial charge in [-0.2, -0.15) is 0 Å². The molecular formula is C22H22N4O3. The van der Waals surface area contributed by atoms with E-state index in [4.69, 9.17) is 4.74 Å². The molecule has 4 rings (SSSR count). The quantitative estimate of drug-likeness (QED) is 0.616. The third-order valence-corrected chi connectivity index (χ3v) is 4.64. The van der Waals surface area contributed by atoms with Crippen LogP contribution >= 0.6 is 0 Å². The molecular weight excluding hydrogens is 368 g/mol. The van der Waals surface area contributed by atoms with Crippen molar-refractivity contribution in [3.63, 3.8) is 0 Å². The van der Waals surface area contributed by atoms with E-state index in [0.29, 0.717) is 35.8 Å². The van der Waals surface area contributed by atoms with Crippen LogP contribution in [0.15, 0.2) is 67.3 Å². The average Bonchev–Trinajstić information content (AvgIpc) is 3.46. The number of carbonyl (C=O) groups excluding carboxylic acids is 2. The average molecular weight is 390 g/mol. The van der Waals surface area contributed by atoms with Crippen molar-refractivity contribution in [2.24, 2.45) is 5.92 Å². The zero-order valence-corrected chi connectivity index (χ0v) is 15.9. The van der Waals surface area contributed by atoms with E-state index in [1.54, 1.807) is 42.9 Å². The highest BCUT2D eigenvalue weighted by Gasteiger charge is 2.29. The number of rotatable bonds is 8. The van der Waals surface area contributed by atoms with Gasteiger partial charge in [-0.1, -0.05) is 18.2 Å². The number of para-hydroxylation sites is 2. The molecule has 0 radical (unpaired) electrons. The number of nitrogens with zero attached hydrogens (tertiary/aromatic N) is 2.